The molecule has 1 aliphatic heterocycles. The van der Waals surface area contributed by atoms with Crippen LogP contribution in [0.25, 0.3) is 0 Å². The Bertz CT molecular complexity index is 630. The standard InChI is InChI=1S/C24H40N2O2/c1-23-9-8-19-17(18(23)6-7-22(23)28)5-4-16-14-21(27)20(15-24(16,19)2)26-12-10-25(3)11-13-26/h16-21,27H,4-15H2,1-3H3/t16-,17-,18-,19-,20-,21-,23-,24-/m0/s1. The molecule has 1 saturated heterocycles. The minimum atomic E-state index is -0.153. The third kappa shape index (κ3) is 2.77. The number of piperazine rings is 1. The lowest BCUT2D eigenvalue weighted by molar-refractivity contribution is -0.154. The van der Waals surface area contributed by atoms with Crippen molar-refractivity contribution in [3.8, 4) is 0 Å². The Morgan fingerprint density at radius 2 is 1.75 bits per heavy atom. The number of carbonyl (C=O) groups is 1. The van der Waals surface area contributed by atoms with Gasteiger partial charge in [-0.15, -0.1) is 0 Å². The van der Waals surface area contributed by atoms with Crippen LogP contribution < -0.4 is 0 Å². The fourth-order valence-electron chi connectivity index (χ4n) is 8.57. The number of hydrogen-bond donors (Lipinski definition) is 1. The Balaban J connectivity index is 1.39. The van der Waals surface area contributed by atoms with Crippen LogP contribution in [0.2, 0.25) is 0 Å². The zero-order valence-corrected chi connectivity index (χ0v) is 18.2. The molecule has 4 saturated carbocycles. The van der Waals surface area contributed by atoms with Gasteiger partial charge in [-0.25, -0.2) is 0 Å². The number of nitrogens with zero attached hydrogens (tertiary/aromatic N) is 2. The maximum atomic E-state index is 12.7. The molecule has 4 heteroatoms. The zero-order chi connectivity index (χ0) is 19.7. The van der Waals surface area contributed by atoms with Crippen molar-refractivity contribution in [2.24, 2.45) is 34.5 Å². The molecule has 28 heavy (non-hydrogen) atoms. The van der Waals surface area contributed by atoms with E-state index in [1.54, 1.807) is 0 Å². The Kier molecular flexibility index (Phi) is 4.73. The normalized spacial score (nSPS) is 52.8. The molecule has 0 radical (unpaired) electrons. The topological polar surface area (TPSA) is 43.8 Å². The Hall–Kier alpha value is -0.450. The van der Waals surface area contributed by atoms with Gasteiger partial charge in [0.2, 0.25) is 0 Å². The first kappa shape index (κ1) is 19.5. The lowest BCUT2D eigenvalue weighted by atomic mass is 9.44. The Labute approximate surface area is 171 Å². The number of likely N-dealkylation sites (N-methyl/N-ethyl adjacent to an activating group) is 1. The molecule has 0 aromatic rings. The van der Waals surface area contributed by atoms with E-state index >= 15 is 0 Å². The second-order valence-electron chi connectivity index (χ2n) is 11.5. The lowest BCUT2D eigenvalue weighted by Crippen LogP contribution is -2.61. The summed E-state index contributed by atoms with van der Waals surface area (Å²) in [6.07, 6.45) is 8.90. The van der Waals surface area contributed by atoms with E-state index in [1.165, 1.54) is 25.7 Å². The van der Waals surface area contributed by atoms with Crippen LogP contribution in [0.4, 0.5) is 0 Å². The molecule has 0 aromatic heterocycles. The van der Waals surface area contributed by atoms with Gasteiger partial charge in [0.05, 0.1) is 6.10 Å². The average Bonchev–Trinajstić information content (AvgIpc) is 2.98. The molecule has 5 aliphatic rings. The highest BCUT2D eigenvalue weighted by Gasteiger charge is 2.61. The molecule has 8 atom stereocenters. The molecule has 5 rings (SSSR count). The van der Waals surface area contributed by atoms with Gasteiger partial charge in [-0.3, -0.25) is 9.69 Å². The number of carbonyl (C=O) groups excluding carboxylic acids is 1. The number of rotatable bonds is 1. The second-order valence-corrected chi connectivity index (χ2v) is 11.5. The minimum Gasteiger partial charge on any atom is -0.391 e. The van der Waals surface area contributed by atoms with Gasteiger partial charge in [-0.1, -0.05) is 13.8 Å². The maximum absolute atomic E-state index is 12.7. The molecule has 1 N–H and O–H groups in total. The number of aliphatic hydroxyl groups excluding tert-OH is 1. The SMILES string of the molecule is CN1CCN([C@H]2C[C@@]3(C)[C@@H](CC[C@@H]4[C@@H]3CC[C@]3(C)C(=O)CC[C@@H]43)C[C@@H]2O)CC1. The van der Waals surface area contributed by atoms with Gasteiger partial charge in [0.1, 0.15) is 5.78 Å². The van der Waals surface area contributed by atoms with E-state index in [0.29, 0.717) is 29.1 Å². The fraction of sp³-hybridized carbons (Fsp3) is 0.958. The summed E-state index contributed by atoms with van der Waals surface area (Å²) in [5, 5.41) is 11.1. The molecule has 1 heterocycles. The minimum absolute atomic E-state index is 0.0185. The molecular weight excluding hydrogens is 348 g/mol. The summed E-state index contributed by atoms with van der Waals surface area (Å²) in [5.41, 5.74) is 0.332. The molecule has 0 unspecified atom stereocenters. The number of ketones is 1. The first-order valence-corrected chi connectivity index (χ1v) is 12.0. The van der Waals surface area contributed by atoms with E-state index in [4.69, 9.17) is 0 Å². The molecule has 0 bridgehead atoms. The quantitative estimate of drug-likeness (QED) is 0.749. The lowest BCUT2D eigenvalue weighted by Gasteiger charge is -2.62. The van der Waals surface area contributed by atoms with Crippen LogP contribution in [0.3, 0.4) is 0 Å². The van der Waals surface area contributed by atoms with Crippen molar-refractivity contribution in [2.45, 2.75) is 77.4 Å². The molecule has 0 spiro atoms. The predicted octanol–water partition coefficient (Wildman–Crippen LogP) is 3.19. The highest BCUT2D eigenvalue weighted by molar-refractivity contribution is 5.87. The van der Waals surface area contributed by atoms with Gasteiger partial charge in [-0.2, -0.15) is 0 Å². The van der Waals surface area contributed by atoms with E-state index in [-0.39, 0.29) is 11.5 Å². The highest BCUT2D eigenvalue weighted by Crippen LogP contribution is 2.65. The van der Waals surface area contributed by atoms with E-state index in [2.05, 4.69) is 30.7 Å². The number of Topliss-reactive ketones (excluding diaryl/α,β-unsaturated/α-hetero) is 1. The molecular formula is C24H40N2O2. The highest BCUT2D eigenvalue weighted by atomic mass is 16.3. The van der Waals surface area contributed by atoms with Crippen molar-refractivity contribution >= 4 is 5.78 Å². The summed E-state index contributed by atoms with van der Waals surface area (Å²) >= 11 is 0. The zero-order valence-electron chi connectivity index (χ0n) is 18.2. The van der Waals surface area contributed by atoms with Crippen molar-refractivity contribution in [1.82, 2.24) is 9.80 Å². The van der Waals surface area contributed by atoms with E-state index in [0.717, 1.165) is 63.7 Å². The third-order valence-corrected chi connectivity index (χ3v) is 10.4. The summed E-state index contributed by atoms with van der Waals surface area (Å²) in [5.74, 6) is 3.37. The Morgan fingerprint density at radius 1 is 1.00 bits per heavy atom. The number of fused-ring (bicyclic) bond motifs is 5. The molecule has 5 fully saturated rings. The second kappa shape index (κ2) is 6.78. The van der Waals surface area contributed by atoms with Gasteiger partial charge >= 0.3 is 0 Å². The van der Waals surface area contributed by atoms with E-state index in [1.807, 2.05) is 0 Å². The van der Waals surface area contributed by atoms with Gasteiger partial charge in [0.25, 0.3) is 0 Å². The van der Waals surface area contributed by atoms with Crippen molar-refractivity contribution in [1.29, 1.82) is 0 Å². The van der Waals surface area contributed by atoms with Crippen LogP contribution >= 0.6 is 0 Å². The molecule has 158 valence electrons. The average molecular weight is 389 g/mol. The van der Waals surface area contributed by atoms with Crippen molar-refractivity contribution in [3.05, 3.63) is 0 Å². The van der Waals surface area contributed by atoms with Crippen LogP contribution in [-0.4, -0.2) is 66.1 Å². The summed E-state index contributed by atoms with van der Waals surface area (Å²) in [4.78, 5) is 17.7. The summed E-state index contributed by atoms with van der Waals surface area (Å²) in [6, 6.07) is 0.340. The van der Waals surface area contributed by atoms with Crippen LogP contribution in [0.1, 0.15) is 65.2 Å². The maximum Gasteiger partial charge on any atom is 0.139 e. The molecule has 0 aromatic carbocycles. The van der Waals surface area contributed by atoms with Crippen LogP contribution in [-0.2, 0) is 4.79 Å². The third-order valence-electron chi connectivity index (χ3n) is 10.4. The monoisotopic (exact) mass is 388 g/mol. The first-order chi connectivity index (χ1) is 13.3. The van der Waals surface area contributed by atoms with Crippen molar-refractivity contribution in [2.75, 3.05) is 33.2 Å². The van der Waals surface area contributed by atoms with Crippen LogP contribution in [0, 0.1) is 34.5 Å². The van der Waals surface area contributed by atoms with Crippen molar-refractivity contribution in [3.63, 3.8) is 0 Å². The summed E-state index contributed by atoms with van der Waals surface area (Å²) in [7, 11) is 2.21. The van der Waals surface area contributed by atoms with Crippen LogP contribution in [0.15, 0.2) is 0 Å². The van der Waals surface area contributed by atoms with E-state index < -0.39 is 0 Å². The Morgan fingerprint density at radius 3 is 2.50 bits per heavy atom. The molecule has 0 amide bonds. The van der Waals surface area contributed by atoms with Crippen LogP contribution in [0.5, 0.6) is 0 Å². The smallest absolute Gasteiger partial charge is 0.139 e. The van der Waals surface area contributed by atoms with E-state index in [9.17, 15) is 9.90 Å². The largest absolute Gasteiger partial charge is 0.391 e. The summed E-state index contributed by atoms with van der Waals surface area (Å²) in [6.45, 7) is 9.30. The molecule has 4 nitrogen and oxygen atoms in total. The van der Waals surface area contributed by atoms with Gasteiger partial charge in [0, 0.05) is 44.1 Å². The van der Waals surface area contributed by atoms with Gasteiger partial charge < -0.3 is 10.0 Å². The van der Waals surface area contributed by atoms with Crippen molar-refractivity contribution < 1.29 is 9.90 Å². The van der Waals surface area contributed by atoms with Gasteiger partial charge in [-0.05, 0) is 81.1 Å². The number of hydrogen-bond acceptors (Lipinski definition) is 4. The first-order valence-electron chi connectivity index (χ1n) is 12.0. The predicted molar refractivity (Wildman–Crippen MR) is 111 cm³/mol. The molecule has 4 aliphatic carbocycles. The number of aliphatic hydroxyl groups is 1. The fourth-order valence-corrected chi connectivity index (χ4v) is 8.57. The summed E-state index contributed by atoms with van der Waals surface area (Å²) < 4.78 is 0. The van der Waals surface area contributed by atoms with Gasteiger partial charge in [0.15, 0.2) is 0 Å².